The highest BCUT2D eigenvalue weighted by atomic mass is 35.5. The van der Waals surface area contributed by atoms with Gasteiger partial charge in [-0.2, -0.15) is 0 Å². The van der Waals surface area contributed by atoms with Gasteiger partial charge < -0.3 is 14.8 Å². The van der Waals surface area contributed by atoms with E-state index in [9.17, 15) is 14.0 Å². The molecule has 0 unspecified atom stereocenters. The van der Waals surface area contributed by atoms with Gasteiger partial charge in [0.25, 0.3) is 5.91 Å². The van der Waals surface area contributed by atoms with Crippen molar-refractivity contribution < 1.29 is 23.5 Å². The largest absolute Gasteiger partial charge is 0.497 e. The number of amides is 1. The van der Waals surface area contributed by atoms with Gasteiger partial charge in [-0.05, 0) is 37.3 Å². The molecule has 5 nitrogen and oxygen atoms in total. The number of esters is 1. The minimum absolute atomic E-state index is 0.260. The van der Waals surface area contributed by atoms with Gasteiger partial charge in [0, 0.05) is 11.1 Å². The Morgan fingerprint density at radius 3 is 2.52 bits per heavy atom. The van der Waals surface area contributed by atoms with Crippen LogP contribution in [-0.2, 0) is 9.53 Å². The van der Waals surface area contributed by atoms with Crippen LogP contribution in [-0.4, -0.2) is 25.1 Å². The summed E-state index contributed by atoms with van der Waals surface area (Å²) in [7, 11) is 1.38. The molecule has 0 fully saturated rings. The summed E-state index contributed by atoms with van der Waals surface area (Å²) >= 11 is 11.8. The van der Waals surface area contributed by atoms with Crippen molar-refractivity contribution in [3.05, 3.63) is 57.8 Å². The van der Waals surface area contributed by atoms with Crippen molar-refractivity contribution in [3.63, 3.8) is 0 Å². The van der Waals surface area contributed by atoms with Gasteiger partial charge >= 0.3 is 5.97 Å². The van der Waals surface area contributed by atoms with E-state index >= 15 is 0 Å². The number of halogens is 3. The molecule has 0 bridgehead atoms. The van der Waals surface area contributed by atoms with Crippen LogP contribution in [0.25, 0.3) is 0 Å². The van der Waals surface area contributed by atoms with Gasteiger partial charge in [0.15, 0.2) is 6.10 Å². The molecule has 25 heavy (non-hydrogen) atoms. The molecule has 1 amide bonds. The van der Waals surface area contributed by atoms with Gasteiger partial charge in [0.1, 0.15) is 11.6 Å². The van der Waals surface area contributed by atoms with Crippen LogP contribution in [0.2, 0.25) is 10.0 Å². The molecule has 0 aromatic heterocycles. The minimum Gasteiger partial charge on any atom is -0.497 e. The molecule has 2 aromatic carbocycles. The second-order valence-corrected chi connectivity index (χ2v) is 5.85. The number of hydrogen-bond donors (Lipinski definition) is 1. The summed E-state index contributed by atoms with van der Waals surface area (Å²) in [6, 6.07) is 8.22. The van der Waals surface area contributed by atoms with Crippen molar-refractivity contribution in [1.29, 1.82) is 0 Å². The molecule has 1 N–H and O–H groups in total. The summed E-state index contributed by atoms with van der Waals surface area (Å²) in [5.41, 5.74) is -0.0288. The monoisotopic (exact) mass is 385 g/mol. The Morgan fingerprint density at radius 1 is 1.16 bits per heavy atom. The van der Waals surface area contributed by atoms with Crippen molar-refractivity contribution in [2.24, 2.45) is 0 Å². The molecule has 0 saturated heterocycles. The second-order valence-electron chi connectivity index (χ2n) is 5.01. The predicted octanol–water partition coefficient (Wildman–Crippen LogP) is 4.33. The maximum absolute atomic E-state index is 13.9. The number of carbonyl (C=O) groups is 2. The first kappa shape index (κ1) is 19.0. The lowest BCUT2D eigenvalue weighted by Gasteiger charge is -2.15. The highest BCUT2D eigenvalue weighted by Crippen LogP contribution is 2.25. The topological polar surface area (TPSA) is 64.6 Å². The number of hydrogen-bond acceptors (Lipinski definition) is 4. The number of nitrogens with one attached hydrogen (secondary N) is 1. The third-order valence-corrected chi connectivity index (χ3v) is 3.80. The smallest absolute Gasteiger partial charge is 0.341 e. The average molecular weight is 386 g/mol. The van der Waals surface area contributed by atoms with E-state index in [0.717, 1.165) is 6.07 Å². The summed E-state index contributed by atoms with van der Waals surface area (Å²) in [6.07, 6.45) is -1.18. The van der Waals surface area contributed by atoms with E-state index in [-0.39, 0.29) is 22.0 Å². The Bertz CT molecular complexity index is 813. The Hall–Kier alpha value is -2.31. The first-order valence-corrected chi connectivity index (χ1v) is 7.88. The first-order chi connectivity index (χ1) is 11.8. The van der Waals surface area contributed by atoms with Gasteiger partial charge in [-0.25, -0.2) is 9.18 Å². The third-order valence-electron chi connectivity index (χ3n) is 3.24. The van der Waals surface area contributed by atoms with Gasteiger partial charge in [0.05, 0.1) is 23.4 Å². The lowest BCUT2D eigenvalue weighted by Crippen LogP contribution is -2.30. The van der Waals surface area contributed by atoms with Crippen LogP contribution in [0.4, 0.5) is 10.1 Å². The summed E-state index contributed by atoms with van der Waals surface area (Å²) in [6.45, 7) is 1.35. The molecule has 2 aromatic rings. The average Bonchev–Trinajstić information content (AvgIpc) is 2.57. The van der Waals surface area contributed by atoms with Gasteiger partial charge in [-0.1, -0.05) is 23.2 Å². The molecule has 0 aliphatic heterocycles. The van der Waals surface area contributed by atoms with Crippen molar-refractivity contribution in [3.8, 4) is 5.75 Å². The molecule has 2 rings (SSSR count). The lowest BCUT2D eigenvalue weighted by atomic mass is 10.2. The lowest BCUT2D eigenvalue weighted by molar-refractivity contribution is -0.123. The number of ether oxygens (including phenoxy) is 2. The number of carbonyl (C=O) groups excluding carboxylic acids is 2. The maximum atomic E-state index is 13.9. The van der Waals surface area contributed by atoms with Crippen molar-refractivity contribution in [2.75, 3.05) is 12.4 Å². The Balaban J connectivity index is 2.05. The van der Waals surface area contributed by atoms with Crippen molar-refractivity contribution in [2.45, 2.75) is 13.0 Å². The molecule has 0 saturated carbocycles. The van der Waals surface area contributed by atoms with Gasteiger partial charge in [0.2, 0.25) is 0 Å². The van der Waals surface area contributed by atoms with Crippen molar-refractivity contribution >= 4 is 40.8 Å². The van der Waals surface area contributed by atoms with Crippen LogP contribution in [0.3, 0.4) is 0 Å². The fourth-order valence-electron chi connectivity index (χ4n) is 1.89. The highest BCUT2D eigenvalue weighted by molar-refractivity contribution is 6.35. The Kier molecular flexibility index (Phi) is 6.22. The Labute approximate surface area is 153 Å². The number of rotatable bonds is 5. The molecule has 8 heteroatoms. The number of methoxy groups -OCH3 is 1. The number of anilines is 1. The van der Waals surface area contributed by atoms with E-state index in [2.05, 4.69) is 5.32 Å². The summed E-state index contributed by atoms with van der Waals surface area (Å²) in [5, 5.41) is 3.15. The molecule has 0 aliphatic carbocycles. The molecule has 1 atom stereocenters. The van der Waals surface area contributed by atoms with Crippen LogP contribution in [0.1, 0.15) is 17.3 Å². The SMILES string of the molecule is COc1ccc(C(=O)O[C@H](C)C(=O)Nc2cc(Cl)ccc2Cl)c(F)c1. The summed E-state index contributed by atoms with van der Waals surface area (Å²) in [5.74, 6) is -2.16. The summed E-state index contributed by atoms with van der Waals surface area (Å²) in [4.78, 5) is 24.1. The number of benzene rings is 2. The second kappa shape index (κ2) is 8.18. The molecule has 0 aliphatic rings. The summed E-state index contributed by atoms with van der Waals surface area (Å²) < 4.78 is 23.7. The Morgan fingerprint density at radius 2 is 1.88 bits per heavy atom. The zero-order valence-electron chi connectivity index (χ0n) is 13.3. The zero-order valence-corrected chi connectivity index (χ0v) is 14.8. The van der Waals surface area contributed by atoms with Gasteiger partial charge in [-0.15, -0.1) is 0 Å². The van der Waals surface area contributed by atoms with E-state index in [1.54, 1.807) is 6.07 Å². The van der Waals surface area contributed by atoms with Crippen LogP contribution in [0.5, 0.6) is 5.75 Å². The fourth-order valence-corrected chi connectivity index (χ4v) is 2.23. The van der Waals surface area contributed by atoms with E-state index in [0.29, 0.717) is 5.02 Å². The molecule has 0 spiro atoms. The van der Waals surface area contributed by atoms with Crippen molar-refractivity contribution in [1.82, 2.24) is 0 Å². The molecule has 0 heterocycles. The minimum atomic E-state index is -1.18. The van der Waals surface area contributed by atoms with Crippen LogP contribution in [0, 0.1) is 5.82 Å². The molecule has 132 valence electrons. The van der Waals surface area contributed by atoms with Crippen LogP contribution >= 0.6 is 23.2 Å². The van der Waals surface area contributed by atoms with E-state index in [4.69, 9.17) is 32.7 Å². The maximum Gasteiger partial charge on any atom is 0.341 e. The third kappa shape index (κ3) is 4.84. The predicted molar refractivity (Wildman–Crippen MR) is 92.9 cm³/mol. The zero-order chi connectivity index (χ0) is 18.6. The van der Waals surface area contributed by atoms with Crippen LogP contribution < -0.4 is 10.1 Å². The molecular formula is C17H14Cl2FNO4. The quantitative estimate of drug-likeness (QED) is 0.778. The van der Waals surface area contributed by atoms with E-state index in [1.165, 1.54) is 38.3 Å². The highest BCUT2D eigenvalue weighted by Gasteiger charge is 2.22. The van der Waals surface area contributed by atoms with Gasteiger partial charge in [-0.3, -0.25) is 4.79 Å². The van der Waals surface area contributed by atoms with E-state index in [1.807, 2.05) is 0 Å². The standard InChI is InChI=1S/C17H14Cl2FNO4/c1-9(16(22)21-15-7-10(18)3-6-13(15)19)25-17(23)12-5-4-11(24-2)8-14(12)20/h3-9H,1-2H3,(H,21,22)/t9-/m1/s1. The normalized spacial score (nSPS) is 11.6. The fraction of sp³-hybridized carbons (Fsp3) is 0.176. The molecular weight excluding hydrogens is 372 g/mol. The first-order valence-electron chi connectivity index (χ1n) is 7.12. The molecule has 0 radical (unpaired) electrons. The van der Waals surface area contributed by atoms with Crippen LogP contribution in [0.15, 0.2) is 36.4 Å². The van der Waals surface area contributed by atoms with E-state index < -0.39 is 23.8 Å².